The highest BCUT2D eigenvalue weighted by atomic mass is 32.1. The van der Waals surface area contributed by atoms with Crippen LogP contribution >= 0.6 is 11.3 Å². The van der Waals surface area contributed by atoms with Gasteiger partial charge in [0.1, 0.15) is 0 Å². The van der Waals surface area contributed by atoms with Crippen molar-refractivity contribution in [1.29, 1.82) is 0 Å². The minimum absolute atomic E-state index is 0.0561. The van der Waals surface area contributed by atoms with Gasteiger partial charge in [-0.2, -0.15) is 0 Å². The van der Waals surface area contributed by atoms with Gasteiger partial charge in [-0.25, -0.2) is 9.78 Å². The second-order valence-electron chi connectivity index (χ2n) is 4.90. The van der Waals surface area contributed by atoms with Crippen molar-refractivity contribution in [2.24, 2.45) is 0 Å². The predicted molar refractivity (Wildman–Crippen MR) is 83.9 cm³/mol. The van der Waals surface area contributed by atoms with Gasteiger partial charge in [0.15, 0.2) is 5.13 Å². The van der Waals surface area contributed by atoms with Gasteiger partial charge in [0.25, 0.3) is 0 Å². The van der Waals surface area contributed by atoms with E-state index in [-0.39, 0.29) is 6.03 Å². The maximum atomic E-state index is 12.2. The van der Waals surface area contributed by atoms with E-state index in [2.05, 4.69) is 20.2 Å². The van der Waals surface area contributed by atoms with Crippen LogP contribution in [0.1, 0.15) is 5.69 Å². The summed E-state index contributed by atoms with van der Waals surface area (Å²) in [6, 6.07) is 3.61. The Hall–Kier alpha value is -2.15. The number of aromatic nitrogens is 2. The zero-order valence-corrected chi connectivity index (χ0v) is 12.6. The first-order valence-electron chi connectivity index (χ1n) is 6.85. The highest BCUT2D eigenvalue weighted by molar-refractivity contribution is 7.13. The quantitative estimate of drug-likeness (QED) is 0.924. The molecule has 0 spiro atoms. The Morgan fingerprint density at radius 3 is 2.71 bits per heavy atom. The number of carbonyl (C=O) groups excluding carboxylic acids is 1. The fourth-order valence-electron chi connectivity index (χ4n) is 2.30. The third-order valence-corrected chi connectivity index (χ3v) is 4.24. The maximum Gasteiger partial charge on any atom is 0.321 e. The van der Waals surface area contributed by atoms with Crippen molar-refractivity contribution < 1.29 is 4.79 Å². The van der Waals surface area contributed by atoms with Crippen molar-refractivity contribution in [2.75, 3.05) is 36.4 Å². The van der Waals surface area contributed by atoms with Gasteiger partial charge < -0.3 is 15.1 Å². The van der Waals surface area contributed by atoms with Gasteiger partial charge in [0.05, 0.1) is 0 Å². The number of hydrogen-bond donors (Lipinski definition) is 1. The van der Waals surface area contributed by atoms with Gasteiger partial charge >= 0.3 is 6.03 Å². The van der Waals surface area contributed by atoms with Crippen LogP contribution in [0, 0.1) is 6.92 Å². The molecule has 0 aromatic carbocycles. The highest BCUT2D eigenvalue weighted by Gasteiger charge is 2.22. The van der Waals surface area contributed by atoms with Crippen LogP contribution in [-0.2, 0) is 0 Å². The first-order valence-corrected chi connectivity index (χ1v) is 7.73. The van der Waals surface area contributed by atoms with Crippen LogP contribution in [-0.4, -0.2) is 47.1 Å². The normalized spacial score (nSPS) is 15.1. The molecule has 2 aromatic heterocycles. The summed E-state index contributed by atoms with van der Waals surface area (Å²) in [5, 5.41) is 5.92. The monoisotopic (exact) mass is 303 g/mol. The molecule has 0 saturated carbocycles. The van der Waals surface area contributed by atoms with E-state index < -0.39 is 0 Å². The first-order chi connectivity index (χ1) is 10.2. The highest BCUT2D eigenvalue weighted by Crippen LogP contribution is 2.19. The predicted octanol–water partition coefficient (Wildman–Crippen LogP) is 2.20. The van der Waals surface area contributed by atoms with Crippen LogP contribution in [0.3, 0.4) is 0 Å². The van der Waals surface area contributed by atoms with Crippen LogP contribution in [0.4, 0.5) is 15.6 Å². The zero-order chi connectivity index (χ0) is 14.7. The molecule has 0 unspecified atom stereocenters. The zero-order valence-electron chi connectivity index (χ0n) is 11.8. The molecule has 3 heterocycles. The Labute approximate surface area is 127 Å². The van der Waals surface area contributed by atoms with Gasteiger partial charge in [-0.3, -0.25) is 4.98 Å². The summed E-state index contributed by atoms with van der Waals surface area (Å²) >= 11 is 1.63. The average Bonchev–Trinajstić information content (AvgIpc) is 3.01. The Morgan fingerprint density at radius 2 is 2.05 bits per heavy atom. The molecule has 2 aromatic rings. The van der Waals surface area contributed by atoms with Gasteiger partial charge in [-0.15, -0.1) is 11.3 Å². The summed E-state index contributed by atoms with van der Waals surface area (Å²) in [5.41, 5.74) is 1.68. The molecule has 1 N–H and O–H groups in total. The van der Waals surface area contributed by atoms with Crippen LogP contribution < -0.4 is 10.2 Å². The van der Waals surface area contributed by atoms with Crippen molar-refractivity contribution in [3.05, 3.63) is 35.6 Å². The third kappa shape index (κ3) is 3.30. The number of piperazine rings is 1. The van der Waals surface area contributed by atoms with Crippen LogP contribution in [0.15, 0.2) is 29.9 Å². The van der Waals surface area contributed by atoms with Gasteiger partial charge in [0.2, 0.25) is 0 Å². The summed E-state index contributed by atoms with van der Waals surface area (Å²) in [7, 11) is 0. The molecule has 1 aliphatic rings. The molecule has 2 amide bonds. The molecule has 0 aliphatic carbocycles. The fraction of sp³-hybridized carbons (Fsp3) is 0.357. The number of aryl methyl sites for hydroxylation is 1. The molecule has 1 saturated heterocycles. The van der Waals surface area contributed by atoms with Crippen molar-refractivity contribution >= 4 is 28.2 Å². The number of rotatable bonds is 2. The number of nitrogens with zero attached hydrogens (tertiary/aromatic N) is 4. The first kappa shape index (κ1) is 13.8. The molecule has 6 nitrogen and oxygen atoms in total. The minimum Gasteiger partial charge on any atom is -0.345 e. The molecule has 7 heteroatoms. The van der Waals surface area contributed by atoms with Gasteiger partial charge in [-0.1, -0.05) is 0 Å². The molecule has 0 radical (unpaired) electrons. The van der Waals surface area contributed by atoms with Crippen LogP contribution in [0.2, 0.25) is 0 Å². The lowest BCUT2D eigenvalue weighted by Gasteiger charge is -2.34. The number of urea groups is 1. The van der Waals surface area contributed by atoms with Crippen molar-refractivity contribution in [1.82, 2.24) is 14.9 Å². The lowest BCUT2D eigenvalue weighted by Crippen LogP contribution is -2.50. The maximum absolute atomic E-state index is 12.2. The van der Waals surface area contributed by atoms with Crippen molar-refractivity contribution in [3.8, 4) is 0 Å². The SMILES string of the molecule is Cc1cc(NC(=O)N2CCN(c3nccs3)CC2)ccn1. The number of thiazole rings is 1. The second kappa shape index (κ2) is 6.09. The lowest BCUT2D eigenvalue weighted by atomic mass is 10.3. The number of anilines is 2. The summed E-state index contributed by atoms with van der Waals surface area (Å²) in [6.07, 6.45) is 3.51. The Kier molecular flexibility index (Phi) is 4.01. The summed E-state index contributed by atoms with van der Waals surface area (Å²) in [5.74, 6) is 0. The summed E-state index contributed by atoms with van der Waals surface area (Å²) in [6.45, 7) is 4.94. The van der Waals surface area contributed by atoms with E-state index in [0.717, 1.165) is 29.6 Å². The van der Waals surface area contributed by atoms with E-state index in [0.29, 0.717) is 13.1 Å². The lowest BCUT2D eigenvalue weighted by molar-refractivity contribution is 0.208. The number of pyridine rings is 1. The Balaban J connectivity index is 1.55. The largest absolute Gasteiger partial charge is 0.345 e. The fourth-order valence-corrected chi connectivity index (χ4v) is 3.00. The standard InChI is InChI=1S/C14H17N5OS/c1-11-10-12(2-3-15-11)17-13(20)18-5-7-19(8-6-18)14-16-4-9-21-14/h2-4,9-10H,5-8H2,1H3,(H,15,17,20). The van der Waals surface area contributed by atoms with Gasteiger partial charge in [0, 0.05) is 55.3 Å². The smallest absolute Gasteiger partial charge is 0.321 e. The second-order valence-corrected chi connectivity index (χ2v) is 5.78. The van der Waals surface area contributed by atoms with Crippen molar-refractivity contribution in [3.63, 3.8) is 0 Å². The molecule has 110 valence electrons. The number of amides is 2. The Bertz CT molecular complexity index is 608. The molecule has 0 atom stereocenters. The van der Waals surface area contributed by atoms with E-state index in [1.165, 1.54) is 0 Å². The van der Waals surface area contributed by atoms with Crippen molar-refractivity contribution in [2.45, 2.75) is 6.92 Å². The summed E-state index contributed by atoms with van der Waals surface area (Å²) < 4.78 is 0. The molecule has 1 fully saturated rings. The van der Waals surface area contributed by atoms with E-state index in [1.54, 1.807) is 23.6 Å². The van der Waals surface area contributed by atoms with E-state index in [1.807, 2.05) is 29.5 Å². The van der Waals surface area contributed by atoms with Crippen LogP contribution in [0.5, 0.6) is 0 Å². The van der Waals surface area contributed by atoms with E-state index in [9.17, 15) is 4.79 Å². The molecule has 1 aliphatic heterocycles. The number of hydrogen-bond acceptors (Lipinski definition) is 5. The molecular weight excluding hydrogens is 286 g/mol. The average molecular weight is 303 g/mol. The number of carbonyl (C=O) groups is 1. The molecule has 21 heavy (non-hydrogen) atoms. The topological polar surface area (TPSA) is 61.4 Å². The number of nitrogens with one attached hydrogen (secondary N) is 1. The molecular formula is C14H17N5OS. The van der Waals surface area contributed by atoms with Crippen LogP contribution in [0.25, 0.3) is 0 Å². The molecule has 3 rings (SSSR count). The minimum atomic E-state index is -0.0561. The van der Waals surface area contributed by atoms with Gasteiger partial charge in [-0.05, 0) is 19.1 Å². The molecule has 0 bridgehead atoms. The van der Waals surface area contributed by atoms with E-state index >= 15 is 0 Å². The Morgan fingerprint density at radius 1 is 1.24 bits per heavy atom. The third-order valence-electron chi connectivity index (χ3n) is 3.40. The van der Waals surface area contributed by atoms with E-state index in [4.69, 9.17) is 0 Å². The summed E-state index contributed by atoms with van der Waals surface area (Å²) in [4.78, 5) is 24.7.